The molecule has 1 amide bonds. The second kappa shape index (κ2) is 6.75. The first-order valence-corrected chi connectivity index (χ1v) is 6.57. The molecule has 0 heterocycles. The molecule has 0 radical (unpaired) electrons. The average molecular weight is 315 g/mol. The maximum Gasteiger partial charge on any atom is 0.225 e. The zero-order chi connectivity index (χ0) is 13.7. The molecule has 0 spiro atoms. The summed E-state index contributed by atoms with van der Waals surface area (Å²) in [4.78, 5) is 13.0. The van der Waals surface area contributed by atoms with Crippen molar-refractivity contribution in [3.05, 3.63) is 27.7 Å². The molecule has 0 bridgehead atoms. The monoisotopic (exact) mass is 314 g/mol. The van der Waals surface area contributed by atoms with Gasteiger partial charge in [-0.2, -0.15) is 0 Å². The fourth-order valence-electron chi connectivity index (χ4n) is 1.62. The number of benzene rings is 1. The summed E-state index contributed by atoms with van der Waals surface area (Å²) < 4.78 is 6.67. The molecule has 1 aromatic carbocycles. The number of amides is 1. The molecule has 0 unspecified atom stereocenters. The number of halogens is 1. The van der Waals surface area contributed by atoms with Gasteiger partial charge in [-0.1, -0.05) is 15.9 Å². The van der Waals surface area contributed by atoms with E-state index < -0.39 is 0 Å². The van der Waals surface area contributed by atoms with E-state index in [4.69, 9.17) is 10.5 Å². The largest absolute Gasteiger partial charge is 0.492 e. The van der Waals surface area contributed by atoms with Crippen LogP contribution in [0.15, 0.2) is 16.6 Å². The van der Waals surface area contributed by atoms with Crippen LogP contribution in [0.3, 0.4) is 0 Å². The molecule has 4 nitrogen and oxygen atoms in total. The third kappa shape index (κ3) is 3.99. The molecule has 0 aliphatic carbocycles. The fourth-order valence-corrected chi connectivity index (χ4v) is 2.24. The van der Waals surface area contributed by atoms with Crippen LogP contribution < -0.4 is 10.5 Å². The van der Waals surface area contributed by atoms with Gasteiger partial charge in [-0.25, -0.2) is 0 Å². The fraction of sp³-hybridized carbons (Fsp3) is 0.462. The van der Waals surface area contributed by atoms with Crippen LogP contribution in [0.1, 0.15) is 17.5 Å². The quantitative estimate of drug-likeness (QED) is 0.905. The first-order valence-electron chi connectivity index (χ1n) is 5.77. The van der Waals surface area contributed by atoms with Crippen LogP contribution in [0.5, 0.6) is 5.75 Å². The van der Waals surface area contributed by atoms with Gasteiger partial charge in [0.05, 0.1) is 13.0 Å². The van der Waals surface area contributed by atoms with Crippen molar-refractivity contribution in [1.82, 2.24) is 4.90 Å². The number of carbonyl (C=O) groups is 1. The Bertz CT molecular complexity index is 433. The number of hydrogen-bond donors (Lipinski definition) is 1. The SMILES string of the molecule is Cc1cc(Br)cc(CN)c1OCCC(=O)N(C)C. The topological polar surface area (TPSA) is 55.6 Å². The molecular weight excluding hydrogens is 296 g/mol. The Morgan fingerprint density at radius 3 is 2.67 bits per heavy atom. The van der Waals surface area contributed by atoms with Crippen molar-refractivity contribution in [2.75, 3.05) is 20.7 Å². The maximum absolute atomic E-state index is 11.4. The van der Waals surface area contributed by atoms with Gasteiger partial charge in [0.1, 0.15) is 5.75 Å². The summed E-state index contributed by atoms with van der Waals surface area (Å²) >= 11 is 3.43. The number of nitrogens with zero attached hydrogens (tertiary/aromatic N) is 1. The second-order valence-electron chi connectivity index (χ2n) is 4.30. The van der Waals surface area contributed by atoms with Gasteiger partial charge < -0.3 is 15.4 Å². The average Bonchev–Trinajstić information content (AvgIpc) is 2.30. The molecular formula is C13H19BrN2O2. The third-order valence-corrected chi connectivity index (χ3v) is 3.06. The minimum absolute atomic E-state index is 0.0547. The van der Waals surface area contributed by atoms with E-state index in [2.05, 4.69) is 15.9 Å². The molecule has 0 saturated carbocycles. The molecule has 1 aromatic rings. The number of ether oxygens (including phenoxy) is 1. The minimum Gasteiger partial charge on any atom is -0.492 e. The highest BCUT2D eigenvalue weighted by Crippen LogP contribution is 2.27. The van der Waals surface area contributed by atoms with Gasteiger partial charge >= 0.3 is 0 Å². The number of nitrogens with two attached hydrogens (primary N) is 1. The van der Waals surface area contributed by atoms with Crippen molar-refractivity contribution in [1.29, 1.82) is 0 Å². The maximum atomic E-state index is 11.4. The summed E-state index contributed by atoms with van der Waals surface area (Å²) in [7, 11) is 3.47. The van der Waals surface area contributed by atoms with Gasteiger partial charge in [0, 0.05) is 30.7 Å². The van der Waals surface area contributed by atoms with Crippen LogP contribution in [0.4, 0.5) is 0 Å². The van der Waals surface area contributed by atoms with Crippen LogP contribution in [0.2, 0.25) is 0 Å². The summed E-state index contributed by atoms with van der Waals surface area (Å²) in [6.45, 7) is 2.75. The van der Waals surface area contributed by atoms with E-state index in [1.165, 1.54) is 0 Å². The zero-order valence-corrected chi connectivity index (χ0v) is 12.6. The lowest BCUT2D eigenvalue weighted by atomic mass is 10.1. The molecule has 0 saturated heterocycles. The zero-order valence-electron chi connectivity index (χ0n) is 11.0. The minimum atomic E-state index is 0.0547. The summed E-state index contributed by atoms with van der Waals surface area (Å²) in [5.41, 5.74) is 7.65. The normalized spacial score (nSPS) is 10.3. The molecule has 0 aromatic heterocycles. The molecule has 5 heteroatoms. The standard InChI is InChI=1S/C13H19BrN2O2/c1-9-6-11(14)7-10(8-15)13(9)18-5-4-12(17)16(2)3/h6-7H,4-5,8,15H2,1-3H3. The summed E-state index contributed by atoms with van der Waals surface area (Å²) in [6, 6.07) is 3.92. The first kappa shape index (κ1) is 15.0. The van der Waals surface area contributed by atoms with Crippen LogP contribution in [0.25, 0.3) is 0 Å². The van der Waals surface area contributed by atoms with Crippen molar-refractivity contribution < 1.29 is 9.53 Å². The van der Waals surface area contributed by atoms with E-state index in [9.17, 15) is 4.79 Å². The predicted octanol–water partition coefficient (Wildman–Crippen LogP) is 2.07. The van der Waals surface area contributed by atoms with Crippen molar-refractivity contribution in [3.8, 4) is 5.75 Å². The van der Waals surface area contributed by atoms with Crippen molar-refractivity contribution >= 4 is 21.8 Å². The Balaban J connectivity index is 2.70. The highest BCUT2D eigenvalue weighted by molar-refractivity contribution is 9.10. The van der Waals surface area contributed by atoms with Gasteiger partial charge in [0.2, 0.25) is 5.91 Å². The Labute approximate surface area is 116 Å². The molecule has 2 N–H and O–H groups in total. The van der Waals surface area contributed by atoms with Crippen LogP contribution in [-0.4, -0.2) is 31.5 Å². The van der Waals surface area contributed by atoms with Crippen molar-refractivity contribution in [3.63, 3.8) is 0 Å². The number of rotatable bonds is 5. The Morgan fingerprint density at radius 2 is 2.11 bits per heavy atom. The van der Waals surface area contributed by atoms with E-state index in [0.717, 1.165) is 21.3 Å². The van der Waals surface area contributed by atoms with E-state index in [0.29, 0.717) is 19.6 Å². The lowest BCUT2D eigenvalue weighted by Crippen LogP contribution is -2.23. The molecule has 0 fully saturated rings. The lowest BCUT2D eigenvalue weighted by molar-refractivity contribution is -0.129. The first-order chi connectivity index (χ1) is 8.45. The molecule has 0 atom stereocenters. The summed E-state index contributed by atoms with van der Waals surface area (Å²) in [6.07, 6.45) is 0.368. The highest BCUT2D eigenvalue weighted by atomic mass is 79.9. The Morgan fingerprint density at radius 1 is 1.44 bits per heavy atom. The van der Waals surface area contributed by atoms with E-state index in [1.54, 1.807) is 19.0 Å². The van der Waals surface area contributed by atoms with Gasteiger partial charge in [0.15, 0.2) is 0 Å². The van der Waals surface area contributed by atoms with Gasteiger partial charge in [-0.3, -0.25) is 4.79 Å². The van der Waals surface area contributed by atoms with E-state index in [1.807, 2.05) is 19.1 Å². The van der Waals surface area contributed by atoms with Crippen LogP contribution in [-0.2, 0) is 11.3 Å². The van der Waals surface area contributed by atoms with Crippen molar-refractivity contribution in [2.24, 2.45) is 5.73 Å². The van der Waals surface area contributed by atoms with Gasteiger partial charge in [-0.05, 0) is 24.6 Å². The Kier molecular flexibility index (Phi) is 5.62. The Hall–Kier alpha value is -1.07. The van der Waals surface area contributed by atoms with Gasteiger partial charge in [-0.15, -0.1) is 0 Å². The third-order valence-electron chi connectivity index (χ3n) is 2.60. The highest BCUT2D eigenvalue weighted by Gasteiger charge is 2.09. The lowest BCUT2D eigenvalue weighted by Gasteiger charge is -2.15. The molecule has 0 aliphatic heterocycles. The molecule has 18 heavy (non-hydrogen) atoms. The molecule has 0 aliphatic rings. The van der Waals surface area contributed by atoms with Crippen LogP contribution in [0, 0.1) is 6.92 Å². The molecule has 100 valence electrons. The van der Waals surface area contributed by atoms with Crippen molar-refractivity contribution in [2.45, 2.75) is 19.9 Å². The molecule has 1 rings (SSSR count). The second-order valence-corrected chi connectivity index (χ2v) is 5.22. The van der Waals surface area contributed by atoms with Crippen LogP contribution >= 0.6 is 15.9 Å². The number of aryl methyl sites for hydroxylation is 1. The smallest absolute Gasteiger partial charge is 0.225 e. The van der Waals surface area contributed by atoms with E-state index >= 15 is 0 Å². The van der Waals surface area contributed by atoms with E-state index in [-0.39, 0.29) is 5.91 Å². The predicted molar refractivity (Wildman–Crippen MR) is 75.6 cm³/mol. The number of carbonyl (C=O) groups excluding carboxylic acids is 1. The summed E-state index contributed by atoms with van der Waals surface area (Å²) in [5, 5.41) is 0. The summed E-state index contributed by atoms with van der Waals surface area (Å²) in [5.74, 6) is 0.839. The van der Waals surface area contributed by atoms with Gasteiger partial charge in [0.25, 0.3) is 0 Å². The number of hydrogen-bond acceptors (Lipinski definition) is 3.